The third-order valence-electron chi connectivity index (χ3n) is 4.15. The Morgan fingerprint density at radius 2 is 2.00 bits per heavy atom. The predicted molar refractivity (Wildman–Crippen MR) is 98.6 cm³/mol. The summed E-state index contributed by atoms with van der Waals surface area (Å²) in [6, 6.07) is 14.2. The first-order valence-corrected chi connectivity index (χ1v) is 8.50. The van der Waals surface area contributed by atoms with Crippen LogP contribution in [0.5, 0.6) is 0 Å². The average molecular weight is 371 g/mol. The first kappa shape index (κ1) is 18.7. The maximum atomic E-state index is 11.7. The van der Waals surface area contributed by atoms with Crippen LogP contribution in [0.2, 0.25) is 0 Å². The molecule has 1 heterocycles. The molecule has 8 nitrogen and oxygen atoms in total. The number of hydrogen-bond donors (Lipinski definition) is 4. The number of rotatable bonds is 7. The molecule has 3 rings (SSSR count). The number of amides is 1. The number of aliphatic hydroxyl groups is 2. The van der Waals surface area contributed by atoms with E-state index in [9.17, 15) is 15.0 Å². The molecular formula is C19H21N3O5. The lowest BCUT2D eigenvalue weighted by molar-refractivity contribution is 0.0137. The molecule has 5 N–H and O–H groups in total. The number of fused-ring (bicyclic) bond motifs is 1. The van der Waals surface area contributed by atoms with Crippen LogP contribution in [0.4, 0.5) is 10.6 Å². The minimum absolute atomic E-state index is 0.152. The molecule has 0 spiro atoms. The molecule has 27 heavy (non-hydrogen) atoms. The lowest BCUT2D eigenvalue weighted by Crippen LogP contribution is -2.29. The van der Waals surface area contributed by atoms with E-state index in [-0.39, 0.29) is 25.4 Å². The van der Waals surface area contributed by atoms with Crippen molar-refractivity contribution in [3.63, 3.8) is 0 Å². The lowest BCUT2D eigenvalue weighted by atomic mass is 10.0. The van der Waals surface area contributed by atoms with Crippen molar-refractivity contribution >= 4 is 22.9 Å². The summed E-state index contributed by atoms with van der Waals surface area (Å²) in [4.78, 5) is 11.7. The highest BCUT2D eigenvalue weighted by atomic mass is 16.5. The van der Waals surface area contributed by atoms with E-state index in [0.717, 1.165) is 5.56 Å². The first-order valence-electron chi connectivity index (χ1n) is 8.50. The second-order valence-electron chi connectivity index (χ2n) is 6.11. The Bertz CT molecular complexity index is 897. The van der Waals surface area contributed by atoms with Gasteiger partial charge in [0.25, 0.3) is 0 Å². The molecule has 1 amide bonds. The maximum Gasteiger partial charge on any atom is 0.407 e. The highest BCUT2D eigenvalue weighted by Gasteiger charge is 2.20. The van der Waals surface area contributed by atoms with Crippen molar-refractivity contribution in [2.45, 2.75) is 25.2 Å². The molecule has 0 saturated heterocycles. The SMILES string of the molecule is Nc1noc2ccc(C(O)C(O)CCNC(=O)OCc3ccccc3)cc12. The van der Waals surface area contributed by atoms with Crippen LogP contribution in [0.1, 0.15) is 23.7 Å². The van der Waals surface area contributed by atoms with Crippen LogP contribution in [-0.4, -0.2) is 34.1 Å². The van der Waals surface area contributed by atoms with Gasteiger partial charge in [0.15, 0.2) is 11.4 Å². The van der Waals surface area contributed by atoms with E-state index in [1.165, 1.54) is 0 Å². The number of nitrogens with zero attached hydrogens (tertiary/aromatic N) is 1. The summed E-state index contributed by atoms with van der Waals surface area (Å²) in [5, 5.41) is 27.2. The second kappa shape index (κ2) is 8.52. The quantitative estimate of drug-likeness (QED) is 0.500. The minimum atomic E-state index is -1.13. The summed E-state index contributed by atoms with van der Waals surface area (Å²) in [6.45, 7) is 0.321. The standard InChI is InChI=1S/C19H21N3O5/c20-18-14-10-13(6-7-16(14)27-22-18)17(24)15(23)8-9-21-19(25)26-11-12-4-2-1-3-5-12/h1-7,10,15,17,23-24H,8-9,11H2,(H2,20,22)(H,21,25). The number of nitrogens with one attached hydrogen (secondary N) is 1. The molecule has 1 aromatic heterocycles. The zero-order chi connectivity index (χ0) is 19.2. The Hall–Kier alpha value is -3.10. The predicted octanol–water partition coefficient (Wildman–Crippen LogP) is 2.12. The van der Waals surface area contributed by atoms with Crippen LogP contribution >= 0.6 is 0 Å². The highest BCUT2D eigenvalue weighted by Crippen LogP contribution is 2.26. The molecule has 0 radical (unpaired) electrons. The summed E-state index contributed by atoms with van der Waals surface area (Å²) in [5.41, 5.74) is 7.56. The molecule has 0 aliphatic heterocycles. The number of benzene rings is 2. The zero-order valence-electron chi connectivity index (χ0n) is 14.5. The number of aromatic nitrogens is 1. The summed E-state index contributed by atoms with van der Waals surface area (Å²) in [5.74, 6) is 0.219. The fraction of sp³-hybridized carbons (Fsp3) is 0.263. The molecule has 142 valence electrons. The van der Waals surface area contributed by atoms with Crippen molar-refractivity contribution in [2.24, 2.45) is 0 Å². The topological polar surface area (TPSA) is 131 Å². The summed E-state index contributed by atoms with van der Waals surface area (Å²) in [7, 11) is 0. The number of nitrogen functional groups attached to an aromatic ring is 1. The Labute approximate surface area is 155 Å². The van der Waals surface area contributed by atoms with Gasteiger partial charge in [-0.2, -0.15) is 0 Å². The number of aliphatic hydroxyl groups excluding tert-OH is 2. The third-order valence-corrected chi connectivity index (χ3v) is 4.15. The molecule has 0 bridgehead atoms. The number of carbonyl (C=O) groups excluding carboxylic acids is 1. The smallest absolute Gasteiger partial charge is 0.407 e. The van der Waals surface area contributed by atoms with E-state index in [2.05, 4.69) is 10.5 Å². The van der Waals surface area contributed by atoms with E-state index in [4.69, 9.17) is 15.0 Å². The zero-order valence-corrected chi connectivity index (χ0v) is 14.5. The maximum absolute atomic E-state index is 11.7. The van der Waals surface area contributed by atoms with E-state index < -0.39 is 18.3 Å². The van der Waals surface area contributed by atoms with Gasteiger partial charge in [-0.25, -0.2) is 4.79 Å². The van der Waals surface area contributed by atoms with Crippen molar-refractivity contribution in [2.75, 3.05) is 12.3 Å². The molecule has 2 aromatic carbocycles. The molecule has 0 aliphatic carbocycles. The highest BCUT2D eigenvalue weighted by molar-refractivity contribution is 5.87. The summed E-state index contributed by atoms with van der Waals surface area (Å²) < 4.78 is 10.1. The Morgan fingerprint density at radius 3 is 2.78 bits per heavy atom. The van der Waals surface area contributed by atoms with Gasteiger partial charge in [-0.05, 0) is 29.7 Å². The van der Waals surface area contributed by atoms with Gasteiger partial charge in [-0.15, -0.1) is 0 Å². The van der Waals surface area contributed by atoms with E-state index in [1.54, 1.807) is 18.2 Å². The number of carbonyl (C=O) groups is 1. The van der Waals surface area contributed by atoms with E-state index in [0.29, 0.717) is 16.5 Å². The van der Waals surface area contributed by atoms with Gasteiger partial charge in [-0.1, -0.05) is 41.6 Å². The average Bonchev–Trinajstić information content (AvgIpc) is 3.07. The number of nitrogens with two attached hydrogens (primary N) is 1. The number of alkyl carbamates (subject to hydrolysis) is 1. The lowest BCUT2D eigenvalue weighted by Gasteiger charge is -2.18. The fourth-order valence-corrected chi connectivity index (χ4v) is 2.64. The number of ether oxygens (including phenoxy) is 1. The van der Waals surface area contributed by atoms with Crippen molar-refractivity contribution < 1.29 is 24.3 Å². The van der Waals surface area contributed by atoms with Gasteiger partial charge in [0.2, 0.25) is 0 Å². The van der Waals surface area contributed by atoms with Gasteiger partial charge < -0.3 is 30.5 Å². The van der Waals surface area contributed by atoms with Crippen LogP contribution in [0.25, 0.3) is 11.0 Å². The van der Waals surface area contributed by atoms with Crippen LogP contribution in [0.15, 0.2) is 53.1 Å². The van der Waals surface area contributed by atoms with Gasteiger partial charge in [0.1, 0.15) is 12.7 Å². The Morgan fingerprint density at radius 1 is 1.22 bits per heavy atom. The second-order valence-corrected chi connectivity index (χ2v) is 6.11. The van der Waals surface area contributed by atoms with Gasteiger partial charge in [-0.3, -0.25) is 0 Å². The fourth-order valence-electron chi connectivity index (χ4n) is 2.64. The summed E-state index contributed by atoms with van der Waals surface area (Å²) >= 11 is 0. The summed E-state index contributed by atoms with van der Waals surface area (Å²) in [6.07, 6.45) is -2.64. The van der Waals surface area contributed by atoms with Crippen molar-refractivity contribution in [3.8, 4) is 0 Å². The van der Waals surface area contributed by atoms with Gasteiger partial charge >= 0.3 is 6.09 Å². The molecule has 2 unspecified atom stereocenters. The van der Waals surface area contributed by atoms with Crippen molar-refractivity contribution in [1.29, 1.82) is 0 Å². The number of hydrogen-bond acceptors (Lipinski definition) is 7. The molecule has 8 heteroatoms. The van der Waals surface area contributed by atoms with E-state index in [1.807, 2.05) is 30.3 Å². The van der Waals surface area contributed by atoms with Gasteiger partial charge in [0.05, 0.1) is 11.5 Å². The molecule has 0 saturated carbocycles. The number of anilines is 1. The normalized spacial score (nSPS) is 13.3. The van der Waals surface area contributed by atoms with Crippen LogP contribution in [-0.2, 0) is 11.3 Å². The van der Waals surface area contributed by atoms with Crippen LogP contribution < -0.4 is 11.1 Å². The molecule has 0 aliphatic rings. The van der Waals surface area contributed by atoms with Gasteiger partial charge in [0, 0.05) is 6.54 Å². The Balaban J connectivity index is 1.45. The third kappa shape index (κ3) is 4.75. The van der Waals surface area contributed by atoms with E-state index >= 15 is 0 Å². The molecule has 3 aromatic rings. The van der Waals surface area contributed by atoms with Crippen molar-refractivity contribution in [1.82, 2.24) is 10.5 Å². The molecule has 0 fully saturated rings. The van der Waals surface area contributed by atoms with Crippen LogP contribution in [0, 0.1) is 0 Å². The van der Waals surface area contributed by atoms with Crippen LogP contribution in [0.3, 0.4) is 0 Å². The molecule has 2 atom stereocenters. The minimum Gasteiger partial charge on any atom is -0.445 e. The Kier molecular flexibility index (Phi) is 5.90. The molecular weight excluding hydrogens is 350 g/mol. The monoisotopic (exact) mass is 371 g/mol. The van der Waals surface area contributed by atoms with Crippen molar-refractivity contribution in [3.05, 3.63) is 59.7 Å². The first-order chi connectivity index (χ1) is 13.0. The largest absolute Gasteiger partial charge is 0.445 e.